The van der Waals surface area contributed by atoms with Gasteiger partial charge < -0.3 is 20.1 Å². The molecule has 0 fully saturated rings. The summed E-state index contributed by atoms with van der Waals surface area (Å²) in [6, 6.07) is 17.1. The molecular formula is C19H20N4O2. The van der Waals surface area contributed by atoms with Gasteiger partial charge in [-0.25, -0.2) is 4.98 Å². The summed E-state index contributed by atoms with van der Waals surface area (Å²) in [6.45, 7) is 2.61. The number of methoxy groups -OCH3 is 1. The Hall–Kier alpha value is -3.28. The SMILES string of the molecule is CCOc1ccc(Nc2ccnc(Nc3cccc(OC)c3)n2)cc1. The Balaban J connectivity index is 1.70. The maximum absolute atomic E-state index is 5.44. The molecule has 3 rings (SSSR count). The molecule has 0 amide bonds. The highest BCUT2D eigenvalue weighted by atomic mass is 16.5. The zero-order valence-electron chi connectivity index (χ0n) is 14.2. The molecular weight excluding hydrogens is 316 g/mol. The first-order valence-corrected chi connectivity index (χ1v) is 8.01. The molecule has 0 aliphatic heterocycles. The van der Waals surface area contributed by atoms with Crippen LogP contribution in [-0.2, 0) is 0 Å². The smallest absolute Gasteiger partial charge is 0.229 e. The molecule has 0 bridgehead atoms. The van der Waals surface area contributed by atoms with E-state index in [0.29, 0.717) is 18.4 Å². The van der Waals surface area contributed by atoms with Gasteiger partial charge in [0, 0.05) is 23.6 Å². The monoisotopic (exact) mass is 336 g/mol. The van der Waals surface area contributed by atoms with E-state index in [2.05, 4.69) is 20.6 Å². The van der Waals surface area contributed by atoms with Gasteiger partial charge in [-0.05, 0) is 49.4 Å². The lowest BCUT2D eigenvalue weighted by Gasteiger charge is -2.10. The molecule has 0 saturated heterocycles. The topological polar surface area (TPSA) is 68.3 Å². The summed E-state index contributed by atoms with van der Waals surface area (Å²) in [6.07, 6.45) is 1.70. The van der Waals surface area contributed by atoms with Crippen LogP contribution in [0.3, 0.4) is 0 Å². The van der Waals surface area contributed by atoms with Crippen LogP contribution in [0.25, 0.3) is 0 Å². The molecule has 0 spiro atoms. The molecule has 2 aromatic carbocycles. The van der Waals surface area contributed by atoms with E-state index in [1.165, 1.54) is 0 Å². The van der Waals surface area contributed by atoms with Gasteiger partial charge in [-0.3, -0.25) is 0 Å². The number of aromatic nitrogens is 2. The molecule has 0 atom stereocenters. The van der Waals surface area contributed by atoms with E-state index in [4.69, 9.17) is 9.47 Å². The number of ether oxygens (including phenoxy) is 2. The average Bonchev–Trinajstić information content (AvgIpc) is 2.64. The molecule has 0 aliphatic rings. The second-order valence-electron chi connectivity index (χ2n) is 5.20. The van der Waals surface area contributed by atoms with Gasteiger partial charge in [0.25, 0.3) is 0 Å². The van der Waals surface area contributed by atoms with Gasteiger partial charge in [0.2, 0.25) is 5.95 Å². The van der Waals surface area contributed by atoms with Gasteiger partial charge in [0.15, 0.2) is 0 Å². The number of anilines is 4. The Morgan fingerprint density at radius 2 is 1.76 bits per heavy atom. The van der Waals surface area contributed by atoms with Crippen LogP contribution in [0.2, 0.25) is 0 Å². The van der Waals surface area contributed by atoms with Crippen LogP contribution < -0.4 is 20.1 Å². The summed E-state index contributed by atoms with van der Waals surface area (Å²) < 4.78 is 10.7. The van der Waals surface area contributed by atoms with Crippen molar-refractivity contribution in [2.24, 2.45) is 0 Å². The summed E-state index contributed by atoms with van der Waals surface area (Å²) in [7, 11) is 1.64. The lowest BCUT2D eigenvalue weighted by Crippen LogP contribution is -2.00. The minimum Gasteiger partial charge on any atom is -0.497 e. The second kappa shape index (κ2) is 8.01. The normalized spacial score (nSPS) is 10.2. The van der Waals surface area contributed by atoms with Crippen molar-refractivity contribution in [1.82, 2.24) is 9.97 Å². The zero-order chi connectivity index (χ0) is 17.5. The fraction of sp³-hybridized carbons (Fsp3) is 0.158. The third-order valence-corrected chi connectivity index (χ3v) is 3.42. The fourth-order valence-electron chi connectivity index (χ4n) is 2.27. The Bertz CT molecular complexity index is 822. The number of nitrogens with zero attached hydrogens (tertiary/aromatic N) is 2. The van der Waals surface area contributed by atoms with Crippen molar-refractivity contribution in [3.63, 3.8) is 0 Å². The summed E-state index contributed by atoms with van der Waals surface area (Å²) in [4.78, 5) is 8.72. The summed E-state index contributed by atoms with van der Waals surface area (Å²) in [5.74, 6) is 2.82. The van der Waals surface area contributed by atoms with E-state index in [0.717, 1.165) is 22.9 Å². The van der Waals surface area contributed by atoms with E-state index in [1.807, 2.05) is 61.5 Å². The summed E-state index contributed by atoms with van der Waals surface area (Å²) >= 11 is 0. The number of rotatable bonds is 7. The van der Waals surface area contributed by atoms with E-state index in [1.54, 1.807) is 13.3 Å². The fourth-order valence-corrected chi connectivity index (χ4v) is 2.27. The van der Waals surface area contributed by atoms with E-state index in [-0.39, 0.29) is 0 Å². The Labute approximate surface area is 146 Å². The van der Waals surface area contributed by atoms with Crippen LogP contribution in [0.1, 0.15) is 6.92 Å². The summed E-state index contributed by atoms with van der Waals surface area (Å²) in [5, 5.41) is 6.42. The highest BCUT2D eigenvalue weighted by molar-refractivity contribution is 5.60. The molecule has 2 N–H and O–H groups in total. The minimum absolute atomic E-state index is 0.504. The van der Waals surface area contributed by atoms with E-state index in [9.17, 15) is 0 Å². The molecule has 25 heavy (non-hydrogen) atoms. The van der Waals surface area contributed by atoms with Crippen molar-refractivity contribution >= 4 is 23.1 Å². The number of benzene rings is 2. The maximum Gasteiger partial charge on any atom is 0.229 e. The van der Waals surface area contributed by atoms with Crippen LogP contribution in [0.4, 0.5) is 23.1 Å². The molecule has 0 unspecified atom stereocenters. The van der Waals surface area contributed by atoms with Gasteiger partial charge in [0.05, 0.1) is 13.7 Å². The first-order valence-electron chi connectivity index (χ1n) is 8.01. The first kappa shape index (κ1) is 16.6. The number of nitrogens with one attached hydrogen (secondary N) is 2. The molecule has 1 heterocycles. The molecule has 1 aromatic heterocycles. The molecule has 0 aliphatic carbocycles. The van der Waals surface area contributed by atoms with Crippen LogP contribution in [0, 0.1) is 0 Å². The van der Waals surface area contributed by atoms with Crippen LogP contribution >= 0.6 is 0 Å². The lowest BCUT2D eigenvalue weighted by molar-refractivity contribution is 0.340. The van der Waals surface area contributed by atoms with Crippen molar-refractivity contribution in [3.8, 4) is 11.5 Å². The summed E-state index contributed by atoms with van der Waals surface area (Å²) in [5.41, 5.74) is 1.78. The van der Waals surface area contributed by atoms with E-state index >= 15 is 0 Å². The van der Waals surface area contributed by atoms with E-state index < -0.39 is 0 Å². The predicted octanol–water partition coefficient (Wildman–Crippen LogP) is 4.37. The molecule has 6 heteroatoms. The maximum atomic E-state index is 5.44. The average molecular weight is 336 g/mol. The van der Waals surface area contributed by atoms with Gasteiger partial charge >= 0.3 is 0 Å². The molecule has 0 saturated carbocycles. The third kappa shape index (κ3) is 4.60. The third-order valence-electron chi connectivity index (χ3n) is 3.42. The number of hydrogen-bond donors (Lipinski definition) is 2. The van der Waals surface area contributed by atoms with Gasteiger partial charge in [0.1, 0.15) is 17.3 Å². The molecule has 0 radical (unpaired) electrons. The number of hydrogen-bond acceptors (Lipinski definition) is 6. The Kier molecular flexibility index (Phi) is 5.31. The lowest BCUT2D eigenvalue weighted by atomic mass is 10.3. The van der Waals surface area contributed by atoms with Gasteiger partial charge in [-0.2, -0.15) is 4.98 Å². The molecule has 3 aromatic rings. The predicted molar refractivity (Wildman–Crippen MR) is 99.2 cm³/mol. The van der Waals surface area contributed by atoms with Crippen LogP contribution in [-0.4, -0.2) is 23.7 Å². The minimum atomic E-state index is 0.504. The zero-order valence-corrected chi connectivity index (χ0v) is 14.2. The van der Waals surface area contributed by atoms with Crippen molar-refractivity contribution in [2.45, 2.75) is 6.92 Å². The largest absolute Gasteiger partial charge is 0.497 e. The van der Waals surface area contributed by atoms with Gasteiger partial charge in [-0.15, -0.1) is 0 Å². The quantitative estimate of drug-likeness (QED) is 0.668. The standard InChI is InChI=1S/C19H20N4O2/c1-3-25-16-9-7-14(8-10-16)21-18-11-12-20-19(23-18)22-15-5-4-6-17(13-15)24-2/h4-13H,3H2,1-2H3,(H2,20,21,22,23). The van der Waals surface area contributed by atoms with Crippen molar-refractivity contribution in [3.05, 3.63) is 60.8 Å². The Morgan fingerprint density at radius 3 is 2.52 bits per heavy atom. The van der Waals surface area contributed by atoms with Crippen LogP contribution in [0.5, 0.6) is 11.5 Å². The van der Waals surface area contributed by atoms with Crippen LogP contribution in [0.15, 0.2) is 60.8 Å². The van der Waals surface area contributed by atoms with Crippen molar-refractivity contribution < 1.29 is 9.47 Å². The first-order chi connectivity index (χ1) is 12.3. The molecule has 128 valence electrons. The second-order valence-corrected chi connectivity index (χ2v) is 5.20. The van der Waals surface area contributed by atoms with Crippen molar-refractivity contribution in [2.75, 3.05) is 24.4 Å². The molecule has 6 nitrogen and oxygen atoms in total. The Morgan fingerprint density at radius 1 is 0.920 bits per heavy atom. The highest BCUT2D eigenvalue weighted by Gasteiger charge is 2.02. The highest BCUT2D eigenvalue weighted by Crippen LogP contribution is 2.22. The van der Waals surface area contributed by atoms with Gasteiger partial charge in [-0.1, -0.05) is 6.07 Å². The van der Waals surface area contributed by atoms with Crippen molar-refractivity contribution in [1.29, 1.82) is 0 Å².